The second-order valence-electron chi connectivity index (χ2n) is 4.44. The first kappa shape index (κ1) is 13.3. The molecule has 5 nitrogen and oxygen atoms in total. The Labute approximate surface area is 107 Å². The van der Waals surface area contributed by atoms with Crippen LogP contribution in [0, 0.1) is 0 Å². The number of hydrogen-bond donors (Lipinski definition) is 2. The average Bonchev–Trinajstić information content (AvgIpc) is 2.33. The van der Waals surface area contributed by atoms with Crippen molar-refractivity contribution in [3.8, 4) is 5.75 Å². The molecule has 0 spiro atoms. The van der Waals surface area contributed by atoms with Crippen LogP contribution in [0.25, 0.3) is 0 Å². The maximum absolute atomic E-state index is 12.2. The minimum Gasteiger partial charge on any atom is -0.495 e. The molecule has 0 saturated heterocycles. The van der Waals surface area contributed by atoms with Crippen LogP contribution in [0.15, 0.2) is 23.1 Å². The molecule has 1 fully saturated rings. The van der Waals surface area contributed by atoms with E-state index in [0.29, 0.717) is 12.3 Å². The molecule has 0 aromatic heterocycles. The van der Waals surface area contributed by atoms with E-state index < -0.39 is 10.0 Å². The van der Waals surface area contributed by atoms with Gasteiger partial charge in [-0.15, -0.1) is 0 Å². The molecule has 0 bridgehead atoms. The van der Waals surface area contributed by atoms with Gasteiger partial charge in [-0.2, -0.15) is 0 Å². The Bertz CT molecular complexity index is 524. The molecular formula is C12H18N2O3S. The van der Waals surface area contributed by atoms with Crippen LogP contribution in [-0.4, -0.2) is 21.6 Å². The average molecular weight is 270 g/mol. The number of benzene rings is 1. The molecule has 2 rings (SSSR count). The highest BCUT2D eigenvalue weighted by molar-refractivity contribution is 7.89. The molecule has 0 amide bonds. The molecule has 1 aliphatic carbocycles. The summed E-state index contributed by atoms with van der Waals surface area (Å²) in [5.74, 6) is 0.338. The molecule has 18 heavy (non-hydrogen) atoms. The predicted molar refractivity (Wildman–Crippen MR) is 68.8 cm³/mol. The fraction of sp³-hybridized carbons (Fsp3) is 0.500. The van der Waals surface area contributed by atoms with Gasteiger partial charge < -0.3 is 10.5 Å². The summed E-state index contributed by atoms with van der Waals surface area (Å²) in [5, 5.41) is 0. The zero-order valence-electron chi connectivity index (χ0n) is 10.3. The van der Waals surface area contributed by atoms with E-state index in [2.05, 4.69) is 4.72 Å². The van der Waals surface area contributed by atoms with E-state index in [9.17, 15) is 8.42 Å². The third-order valence-corrected chi connectivity index (χ3v) is 4.74. The summed E-state index contributed by atoms with van der Waals surface area (Å²) in [4.78, 5) is 0.175. The van der Waals surface area contributed by atoms with Gasteiger partial charge in [0.05, 0.1) is 7.11 Å². The zero-order valence-corrected chi connectivity index (χ0v) is 11.2. The summed E-state index contributed by atoms with van der Waals surface area (Å²) in [6, 6.07) is 4.98. The Morgan fingerprint density at radius 1 is 1.44 bits per heavy atom. The number of ether oxygens (including phenoxy) is 1. The van der Waals surface area contributed by atoms with Crippen molar-refractivity contribution in [1.82, 2.24) is 4.72 Å². The van der Waals surface area contributed by atoms with Crippen LogP contribution >= 0.6 is 0 Å². The van der Waals surface area contributed by atoms with Crippen molar-refractivity contribution < 1.29 is 13.2 Å². The highest BCUT2D eigenvalue weighted by Crippen LogP contribution is 2.27. The van der Waals surface area contributed by atoms with Crippen molar-refractivity contribution in [3.05, 3.63) is 23.8 Å². The van der Waals surface area contributed by atoms with Gasteiger partial charge in [0.2, 0.25) is 10.0 Å². The van der Waals surface area contributed by atoms with Crippen molar-refractivity contribution in [2.45, 2.75) is 36.7 Å². The first-order valence-electron chi connectivity index (χ1n) is 5.96. The normalized spacial score (nSPS) is 16.3. The Morgan fingerprint density at radius 3 is 2.67 bits per heavy atom. The van der Waals surface area contributed by atoms with E-state index in [1.54, 1.807) is 18.2 Å². The highest BCUT2D eigenvalue weighted by atomic mass is 32.2. The van der Waals surface area contributed by atoms with E-state index in [1.165, 1.54) is 7.11 Å². The molecule has 0 atom stereocenters. The molecule has 3 N–H and O–H groups in total. The van der Waals surface area contributed by atoms with Crippen LogP contribution < -0.4 is 15.2 Å². The van der Waals surface area contributed by atoms with E-state index in [-0.39, 0.29) is 10.9 Å². The van der Waals surface area contributed by atoms with Gasteiger partial charge >= 0.3 is 0 Å². The van der Waals surface area contributed by atoms with Gasteiger partial charge in [-0.1, -0.05) is 12.5 Å². The third kappa shape index (κ3) is 2.66. The fourth-order valence-electron chi connectivity index (χ4n) is 1.87. The van der Waals surface area contributed by atoms with E-state index in [4.69, 9.17) is 10.5 Å². The number of hydrogen-bond acceptors (Lipinski definition) is 4. The van der Waals surface area contributed by atoms with Crippen molar-refractivity contribution in [2.75, 3.05) is 7.11 Å². The van der Waals surface area contributed by atoms with Crippen LogP contribution in [-0.2, 0) is 16.6 Å². The molecule has 1 aromatic carbocycles. The fourth-order valence-corrected chi connectivity index (χ4v) is 3.33. The molecule has 1 aliphatic rings. The van der Waals surface area contributed by atoms with E-state index >= 15 is 0 Å². The van der Waals surface area contributed by atoms with Gasteiger partial charge in [-0.05, 0) is 30.5 Å². The van der Waals surface area contributed by atoms with Crippen molar-refractivity contribution in [2.24, 2.45) is 5.73 Å². The summed E-state index contributed by atoms with van der Waals surface area (Å²) in [6.45, 7) is 0.354. The Morgan fingerprint density at radius 2 is 2.17 bits per heavy atom. The number of sulfonamides is 1. The molecule has 100 valence electrons. The van der Waals surface area contributed by atoms with Crippen LogP contribution in [0.1, 0.15) is 24.8 Å². The number of nitrogens with two attached hydrogens (primary N) is 1. The first-order valence-corrected chi connectivity index (χ1v) is 7.44. The molecule has 0 aliphatic heterocycles. The van der Waals surface area contributed by atoms with Crippen LogP contribution in [0.5, 0.6) is 5.75 Å². The summed E-state index contributed by atoms with van der Waals surface area (Å²) < 4.78 is 32.2. The monoisotopic (exact) mass is 270 g/mol. The Hall–Kier alpha value is -1.11. The lowest BCUT2D eigenvalue weighted by Gasteiger charge is -2.26. The summed E-state index contributed by atoms with van der Waals surface area (Å²) >= 11 is 0. The largest absolute Gasteiger partial charge is 0.495 e. The van der Waals surface area contributed by atoms with Crippen LogP contribution in [0.4, 0.5) is 0 Å². The number of methoxy groups -OCH3 is 1. The maximum Gasteiger partial charge on any atom is 0.244 e. The SMILES string of the molecule is COc1cc(CN)ccc1S(=O)(=O)NC1CCC1. The topological polar surface area (TPSA) is 81.4 Å². The Kier molecular flexibility index (Phi) is 3.89. The minimum absolute atomic E-state index is 0.0638. The molecule has 0 radical (unpaired) electrons. The summed E-state index contributed by atoms with van der Waals surface area (Å²) in [6.07, 6.45) is 2.89. The molecule has 1 saturated carbocycles. The lowest BCUT2D eigenvalue weighted by molar-refractivity contribution is 0.379. The van der Waals surface area contributed by atoms with Gasteiger partial charge in [0, 0.05) is 12.6 Å². The highest BCUT2D eigenvalue weighted by Gasteiger charge is 2.26. The van der Waals surface area contributed by atoms with Crippen LogP contribution in [0.3, 0.4) is 0 Å². The zero-order chi connectivity index (χ0) is 13.2. The van der Waals surface area contributed by atoms with Gasteiger partial charge in [-0.3, -0.25) is 0 Å². The summed E-state index contributed by atoms with van der Waals surface area (Å²) in [7, 11) is -2.05. The maximum atomic E-state index is 12.2. The van der Waals surface area contributed by atoms with E-state index in [1.807, 2.05) is 0 Å². The number of rotatable bonds is 5. The summed E-state index contributed by atoms with van der Waals surface area (Å²) in [5.41, 5.74) is 6.37. The molecule has 1 aromatic rings. The Balaban J connectivity index is 2.30. The quantitative estimate of drug-likeness (QED) is 0.836. The van der Waals surface area contributed by atoms with Gasteiger partial charge in [0.25, 0.3) is 0 Å². The van der Waals surface area contributed by atoms with Gasteiger partial charge in [0.1, 0.15) is 10.6 Å². The van der Waals surface area contributed by atoms with Gasteiger partial charge in [0.15, 0.2) is 0 Å². The lowest BCUT2D eigenvalue weighted by atomic mass is 9.94. The predicted octanol–water partition coefficient (Wildman–Crippen LogP) is 0.985. The van der Waals surface area contributed by atoms with Crippen molar-refractivity contribution in [3.63, 3.8) is 0 Å². The van der Waals surface area contributed by atoms with Gasteiger partial charge in [-0.25, -0.2) is 13.1 Å². The van der Waals surface area contributed by atoms with Crippen molar-refractivity contribution >= 4 is 10.0 Å². The standard InChI is InChI=1S/C12H18N2O3S/c1-17-11-7-9(8-13)5-6-12(11)18(15,16)14-10-3-2-4-10/h5-7,10,14H,2-4,8,13H2,1H3. The number of nitrogens with one attached hydrogen (secondary N) is 1. The smallest absolute Gasteiger partial charge is 0.244 e. The lowest BCUT2D eigenvalue weighted by Crippen LogP contribution is -2.39. The first-order chi connectivity index (χ1) is 8.56. The second kappa shape index (κ2) is 5.26. The third-order valence-electron chi connectivity index (χ3n) is 3.18. The minimum atomic E-state index is -3.50. The van der Waals surface area contributed by atoms with E-state index in [0.717, 1.165) is 24.8 Å². The van der Waals surface area contributed by atoms with Crippen molar-refractivity contribution in [1.29, 1.82) is 0 Å². The molecule has 6 heteroatoms. The molecular weight excluding hydrogens is 252 g/mol. The second-order valence-corrected chi connectivity index (χ2v) is 6.12. The van der Waals surface area contributed by atoms with Crippen LogP contribution in [0.2, 0.25) is 0 Å². The molecule has 0 unspecified atom stereocenters. The molecule has 0 heterocycles.